The fourth-order valence-corrected chi connectivity index (χ4v) is 2.92. The van der Waals surface area contributed by atoms with Crippen LogP contribution in [0.25, 0.3) is 0 Å². The zero-order valence-electron chi connectivity index (χ0n) is 13.5. The second kappa shape index (κ2) is 6.94. The molecule has 2 atom stereocenters. The average molecular weight is 290 g/mol. The van der Waals surface area contributed by atoms with Crippen molar-refractivity contribution >= 4 is 5.91 Å². The maximum atomic E-state index is 12.4. The third kappa shape index (κ3) is 3.76. The predicted molar refractivity (Wildman–Crippen MR) is 84.6 cm³/mol. The molecule has 2 rings (SSSR count). The molecule has 0 aromatic heterocycles. The lowest BCUT2D eigenvalue weighted by atomic mass is 10.1. The molecule has 0 bridgehead atoms. The van der Waals surface area contributed by atoms with E-state index in [1.807, 2.05) is 29.2 Å². The van der Waals surface area contributed by atoms with Gasteiger partial charge in [0.25, 0.3) is 0 Å². The van der Waals surface area contributed by atoms with Crippen LogP contribution in [-0.2, 0) is 11.2 Å². The first-order valence-electron chi connectivity index (χ1n) is 7.64. The van der Waals surface area contributed by atoms with Gasteiger partial charge in [0, 0.05) is 31.6 Å². The molecule has 1 aliphatic rings. The van der Waals surface area contributed by atoms with Crippen LogP contribution in [0.2, 0.25) is 0 Å². The van der Waals surface area contributed by atoms with Crippen LogP contribution in [0, 0.1) is 0 Å². The molecule has 0 radical (unpaired) electrons. The summed E-state index contributed by atoms with van der Waals surface area (Å²) in [7, 11) is 3.80. The van der Waals surface area contributed by atoms with Crippen molar-refractivity contribution in [3.05, 3.63) is 29.8 Å². The van der Waals surface area contributed by atoms with Gasteiger partial charge in [0.1, 0.15) is 5.75 Å². The molecular weight excluding hydrogens is 264 g/mol. The van der Waals surface area contributed by atoms with Crippen molar-refractivity contribution in [1.29, 1.82) is 0 Å². The number of amides is 1. The molecule has 0 spiro atoms. The van der Waals surface area contributed by atoms with Crippen molar-refractivity contribution in [3.8, 4) is 5.75 Å². The molecule has 0 aliphatic carbocycles. The van der Waals surface area contributed by atoms with E-state index in [-0.39, 0.29) is 5.91 Å². The van der Waals surface area contributed by atoms with E-state index in [1.54, 1.807) is 7.11 Å². The fourth-order valence-electron chi connectivity index (χ4n) is 2.92. The molecule has 116 valence electrons. The Morgan fingerprint density at radius 2 is 1.86 bits per heavy atom. The topological polar surface area (TPSA) is 32.8 Å². The lowest BCUT2D eigenvalue weighted by molar-refractivity contribution is -0.135. The molecule has 1 heterocycles. The number of rotatable bonds is 4. The highest BCUT2D eigenvalue weighted by Gasteiger charge is 2.28. The Morgan fingerprint density at radius 3 is 2.48 bits per heavy atom. The third-order valence-corrected chi connectivity index (χ3v) is 4.51. The molecule has 2 unspecified atom stereocenters. The lowest BCUT2D eigenvalue weighted by Crippen LogP contribution is -2.56. The van der Waals surface area contributed by atoms with Crippen molar-refractivity contribution in [2.24, 2.45) is 0 Å². The number of hydrogen-bond acceptors (Lipinski definition) is 3. The molecule has 4 heteroatoms. The van der Waals surface area contributed by atoms with Gasteiger partial charge in [-0.1, -0.05) is 18.2 Å². The van der Waals surface area contributed by atoms with Crippen LogP contribution in [0.3, 0.4) is 0 Å². The van der Waals surface area contributed by atoms with E-state index < -0.39 is 0 Å². The minimum Gasteiger partial charge on any atom is -0.496 e. The van der Waals surface area contributed by atoms with E-state index in [2.05, 4.69) is 25.8 Å². The Kier molecular flexibility index (Phi) is 5.23. The normalized spacial score (nSPS) is 23.1. The van der Waals surface area contributed by atoms with Gasteiger partial charge in [-0.2, -0.15) is 0 Å². The first-order valence-corrected chi connectivity index (χ1v) is 7.64. The highest BCUT2D eigenvalue weighted by molar-refractivity contribution is 5.76. The highest BCUT2D eigenvalue weighted by atomic mass is 16.5. The third-order valence-electron chi connectivity index (χ3n) is 4.51. The number of aryl methyl sites for hydroxylation is 1. The molecule has 0 saturated carbocycles. The molecule has 21 heavy (non-hydrogen) atoms. The highest BCUT2D eigenvalue weighted by Crippen LogP contribution is 2.20. The Hall–Kier alpha value is -1.55. The molecular formula is C17H26N2O2. The van der Waals surface area contributed by atoms with Gasteiger partial charge in [-0.3, -0.25) is 9.69 Å². The van der Waals surface area contributed by atoms with Gasteiger partial charge in [-0.05, 0) is 38.9 Å². The summed E-state index contributed by atoms with van der Waals surface area (Å²) < 4.78 is 5.34. The van der Waals surface area contributed by atoms with Crippen molar-refractivity contribution in [3.63, 3.8) is 0 Å². The van der Waals surface area contributed by atoms with Crippen LogP contribution in [0.5, 0.6) is 5.75 Å². The fraction of sp³-hybridized carbons (Fsp3) is 0.588. The van der Waals surface area contributed by atoms with Crippen molar-refractivity contribution in [1.82, 2.24) is 9.80 Å². The number of benzene rings is 1. The second-order valence-electron chi connectivity index (χ2n) is 5.97. The van der Waals surface area contributed by atoms with Crippen LogP contribution < -0.4 is 4.74 Å². The van der Waals surface area contributed by atoms with E-state index in [4.69, 9.17) is 4.74 Å². The van der Waals surface area contributed by atoms with Crippen LogP contribution in [0.1, 0.15) is 25.8 Å². The summed E-state index contributed by atoms with van der Waals surface area (Å²) in [6.45, 7) is 6.00. The van der Waals surface area contributed by atoms with Crippen molar-refractivity contribution < 1.29 is 9.53 Å². The van der Waals surface area contributed by atoms with E-state index in [9.17, 15) is 4.79 Å². The van der Waals surface area contributed by atoms with E-state index in [0.29, 0.717) is 18.5 Å². The summed E-state index contributed by atoms with van der Waals surface area (Å²) in [5, 5.41) is 0. The number of para-hydroxylation sites is 1. The van der Waals surface area contributed by atoms with E-state index in [0.717, 1.165) is 30.8 Å². The summed E-state index contributed by atoms with van der Waals surface area (Å²) in [6, 6.07) is 8.75. The van der Waals surface area contributed by atoms with Gasteiger partial charge in [0.2, 0.25) is 5.91 Å². The van der Waals surface area contributed by atoms with Crippen LogP contribution in [0.15, 0.2) is 24.3 Å². The van der Waals surface area contributed by atoms with Gasteiger partial charge in [-0.15, -0.1) is 0 Å². The number of carbonyl (C=O) groups is 1. The number of nitrogens with zero attached hydrogens (tertiary/aromatic N) is 2. The summed E-state index contributed by atoms with van der Waals surface area (Å²) in [5.41, 5.74) is 1.10. The van der Waals surface area contributed by atoms with Crippen LogP contribution >= 0.6 is 0 Å². The molecule has 1 aromatic rings. The van der Waals surface area contributed by atoms with Gasteiger partial charge < -0.3 is 9.64 Å². The first-order chi connectivity index (χ1) is 10.0. The van der Waals surface area contributed by atoms with Crippen molar-refractivity contribution in [2.75, 3.05) is 27.2 Å². The molecule has 1 saturated heterocycles. The standard InChI is InChI=1S/C17H26N2O2/c1-13-11-19(12-14(2)18(13)3)17(20)10-9-15-7-5-6-8-16(15)21-4/h5-8,13-14H,9-12H2,1-4H3. The summed E-state index contributed by atoms with van der Waals surface area (Å²) in [4.78, 5) is 16.8. The number of piperazine rings is 1. The number of likely N-dealkylation sites (N-methyl/N-ethyl adjacent to an activating group) is 1. The number of ether oxygens (including phenoxy) is 1. The predicted octanol–water partition coefficient (Wildman–Crippen LogP) is 2.18. The monoisotopic (exact) mass is 290 g/mol. The summed E-state index contributed by atoms with van der Waals surface area (Å²) in [6.07, 6.45) is 1.28. The van der Waals surface area contributed by atoms with E-state index in [1.165, 1.54) is 0 Å². The molecule has 1 aromatic carbocycles. The number of hydrogen-bond donors (Lipinski definition) is 0. The molecule has 4 nitrogen and oxygen atoms in total. The first kappa shape index (κ1) is 15.8. The summed E-state index contributed by atoms with van der Waals surface area (Å²) in [5.74, 6) is 1.11. The average Bonchev–Trinajstić information content (AvgIpc) is 2.49. The van der Waals surface area contributed by atoms with Gasteiger partial charge in [-0.25, -0.2) is 0 Å². The number of methoxy groups -OCH3 is 1. The Bertz CT molecular complexity index is 477. The Labute approximate surface area is 127 Å². The van der Waals surface area contributed by atoms with Crippen LogP contribution in [-0.4, -0.2) is 55.0 Å². The number of carbonyl (C=O) groups excluding carboxylic acids is 1. The van der Waals surface area contributed by atoms with Crippen molar-refractivity contribution in [2.45, 2.75) is 38.8 Å². The molecule has 1 amide bonds. The smallest absolute Gasteiger partial charge is 0.223 e. The largest absolute Gasteiger partial charge is 0.496 e. The van der Waals surface area contributed by atoms with Gasteiger partial charge in [0.05, 0.1) is 7.11 Å². The lowest BCUT2D eigenvalue weighted by Gasteiger charge is -2.42. The zero-order valence-corrected chi connectivity index (χ0v) is 13.5. The Morgan fingerprint density at radius 1 is 1.24 bits per heavy atom. The quantitative estimate of drug-likeness (QED) is 0.852. The zero-order chi connectivity index (χ0) is 15.4. The van der Waals surface area contributed by atoms with Gasteiger partial charge in [0.15, 0.2) is 0 Å². The minimum absolute atomic E-state index is 0.243. The maximum absolute atomic E-state index is 12.4. The molecule has 1 fully saturated rings. The molecule has 0 N–H and O–H groups in total. The SMILES string of the molecule is COc1ccccc1CCC(=O)N1CC(C)N(C)C(C)C1. The second-order valence-corrected chi connectivity index (χ2v) is 5.97. The minimum atomic E-state index is 0.243. The summed E-state index contributed by atoms with van der Waals surface area (Å²) >= 11 is 0. The molecule has 1 aliphatic heterocycles. The van der Waals surface area contributed by atoms with Crippen LogP contribution in [0.4, 0.5) is 0 Å². The van der Waals surface area contributed by atoms with E-state index >= 15 is 0 Å². The Balaban J connectivity index is 1.93. The van der Waals surface area contributed by atoms with Gasteiger partial charge >= 0.3 is 0 Å². The maximum Gasteiger partial charge on any atom is 0.223 e.